The molecule has 0 fully saturated rings. The van der Waals surface area contributed by atoms with Crippen molar-refractivity contribution in [1.29, 1.82) is 0 Å². The number of pyridine rings is 1. The predicted octanol–water partition coefficient (Wildman–Crippen LogP) is 2.85. The van der Waals surface area contributed by atoms with E-state index in [9.17, 15) is 13.2 Å². The van der Waals surface area contributed by atoms with Gasteiger partial charge >= 0.3 is 6.18 Å². The molecule has 1 aromatic heterocycles. The van der Waals surface area contributed by atoms with Crippen LogP contribution in [-0.2, 0) is 6.18 Å². The Balaban J connectivity index is 3.14. The normalized spacial score (nSPS) is 12.9. The Hall–Kier alpha value is -1.36. The van der Waals surface area contributed by atoms with Gasteiger partial charge in [-0.05, 0) is 31.5 Å². The van der Waals surface area contributed by atoms with Gasteiger partial charge in [-0.15, -0.1) is 0 Å². The molecule has 0 saturated carbocycles. The van der Waals surface area contributed by atoms with Gasteiger partial charge in [-0.25, -0.2) is 0 Å². The Kier molecular flexibility index (Phi) is 4.06. The van der Waals surface area contributed by atoms with Crippen LogP contribution in [0.2, 0.25) is 0 Å². The molecule has 0 aliphatic heterocycles. The lowest BCUT2D eigenvalue weighted by atomic mass is 10.0. The highest BCUT2D eigenvalue weighted by Crippen LogP contribution is 2.34. The second kappa shape index (κ2) is 5.12. The molecule has 0 aromatic carbocycles. The van der Waals surface area contributed by atoms with Crippen LogP contribution in [0.5, 0.6) is 0 Å². The first-order valence-electron chi connectivity index (χ1n) is 4.85. The van der Waals surface area contributed by atoms with Crippen molar-refractivity contribution in [3.8, 4) is 0 Å². The first kappa shape index (κ1) is 12.7. The first-order chi connectivity index (χ1) is 7.46. The third-order valence-electron chi connectivity index (χ3n) is 2.17. The number of hydrogen-bond acceptors (Lipinski definition) is 2. The standard InChI is InChI=1S/C11H13F3N2/c1-8(3-2-5-15)9-7-16-6-4-10(9)11(12,13)14/h3-4,6-7H,2,5,15H2,1H3/b8-3-. The van der Waals surface area contributed by atoms with Crippen LogP contribution >= 0.6 is 0 Å². The van der Waals surface area contributed by atoms with Gasteiger partial charge in [-0.3, -0.25) is 4.98 Å². The van der Waals surface area contributed by atoms with Crippen molar-refractivity contribution in [3.05, 3.63) is 35.7 Å². The van der Waals surface area contributed by atoms with E-state index in [0.717, 1.165) is 12.3 Å². The van der Waals surface area contributed by atoms with E-state index < -0.39 is 11.7 Å². The number of rotatable bonds is 3. The van der Waals surface area contributed by atoms with Gasteiger partial charge in [0.05, 0.1) is 5.56 Å². The zero-order chi connectivity index (χ0) is 12.2. The lowest BCUT2D eigenvalue weighted by molar-refractivity contribution is -0.137. The lowest BCUT2D eigenvalue weighted by Crippen LogP contribution is -2.08. The van der Waals surface area contributed by atoms with Crippen molar-refractivity contribution >= 4 is 5.57 Å². The Bertz CT molecular complexity index is 383. The van der Waals surface area contributed by atoms with Crippen molar-refractivity contribution in [2.75, 3.05) is 6.54 Å². The molecule has 0 aliphatic rings. The summed E-state index contributed by atoms with van der Waals surface area (Å²) in [6.07, 6.45) is 0.258. The van der Waals surface area contributed by atoms with Gasteiger partial charge < -0.3 is 5.73 Å². The summed E-state index contributed by atoms with van der Waals surface area (Å²) < 4.78 is 38.0. The number of aromatic nitrogens is 1. The number of alkyl halides is 3. The smallest absolute Gasteiger partial charge is 0.330 e. The average Bonchev–Trinajstić information content (AvgIpc) is 2.24. The highest BCUT2D eigenvalue weighted by atomic mass is 19.4. The third-order valence-corrected chi connectivity index (χ3v) is 2.17. The second-order valence-corrected chi connectivity index (χ2v) is 3.38. The van der Waals surface area contributed by atoms with Crippen LogP contribution in [0.1, 0.15) is 24.5 Å². The van der Waals surface area contributed by atoms with Crippen LogP contribution in [0.4, 0.5) is 13.2 Å². The summed E-state index contributed by atoms with van der Waals surface area (Å²) in [5.41, 5.74) is 5.30. The molecule has 1 aromatic rings. The Morgan fingerprint density at radius 1 is 1.50 bits per heavy atom. The molecule has 1 rings (SSSR count). The van der Waals surface area contributed by atoms with Crippen LogP contribution in [0.3, 0.4) is 0 Å². The molecular weight excluding hydrogens is 217 g/mol. The minimum absolute atomic E-state index is 0.114. The molecule has 0 atom stereocenters. The maximum absolute atomic E-state index is 12.7. The molecule has 0 amide bonds. The topological polar surface area (TPSA) is 38.9 Å². The van der Waals surface area contributed by atoms with Gasteiger partial charge in [0.25, 0.3) is 0 Å². The van der Waals surface area contributed by atoms with Gasteiger partial charge in [0, 0.05) is 18.0 Å². The maximum atomic E-state index is 12.7. The van der Waals surface area contributed by atoms with Crippen molar-refractivity contribution in [1.82, 2.24) is 4.98 Å². The molecule has 0 aliphatic carbocycles. The van der Waals surface area contributed by atoms with E-state index in [1.165, 1.54) is 6.20 Å². The summed E-state index contributed by atoms with van der Waals surface area (Å²) in [7, 11) is 0. The van der Waals surface area contributed by atoms with Crippen LogP contribution in [0, 0.1) is 0 Å². The highest BCUT2D eigenvalue weighted by molar-refractivity contribution is 5.66. The van der Waals surface area contributed by atoms with E-state index in [1.54, 1.807) is 13.0 Å². The highest BCUT2D eigenvalue weighted by Gasteiger charge is 2.33. The SMILES string of the molecule is C/C(=C/CCN)c1cnccc1C(F)(F)F. The van der Waals surface area contributed by atoms with E-state index >= 15 is 0 Å². The Labute approximate surface area is 92.0 Å². The summed E-state index contributed by atoms with van der Waals surface area (Å²) in [4.78, 5) is 3.72. The van der Waals surface area contributed by atoms with E-state index in [1.807, 2.05) is 0 Å². The molecule has 2 N–H and O–H groups in total. The molecule has 0 saturated heterocycles. The van der Waals surface area contributed by atoms with Gasteiger partial charge in [0.15, 0.2) is 0 Å². The molecular formula is C11H13F3N2. The van der Waals surface area contributed by atoms with Crippen LogP contribution in [0.15, 0.2) is 24.5 Å². The van der Waals surface area contributed by atoms with Gasteiger partial charge in [-0.2, -0.15) is 13.2 Å². The number of nitrogens with zero attached hydrogens (tertiary/aromatic N) is 1. The minimum atomic E-state index is -4.35. The summed E-state index contributed by atoms with van der Waals surface area (Å²) in [6, 6.07) is 0.981. The predicted molar refractivity (Wildman–Crippen MR) is 56.6 cm³/mol. The quantitative estimate of drug-likeness (QED) is 0.867. The molecule has 5 heteroatoms. The fourth-order valence-corrected chi connectivity index (χ4v) is 1.37. The molecule has 0 unspecified atom stereocenters. The number of allylic oxidation sites excluding steroid dienone is 1. The summed E-state index contributed by atoms with van der Waals surface area (Å²) in [5.74, 6) is 0. The molecule has 0 radical (unpaired) electrons. The molecule has 1 heterocycles. The van der Waals surface area contributed by atoms with Crippen LogP contribution in [0.25, 0.3) is 5.57 Å². The first-order valence-corrected chi connectivity index (χ1v) is 4.85. The van der Waals surface area contributed by atoms with Gasteiger partial charge in [-0.1, -0.05) is 6.08 Å². The fraction of sp³-hybridized carbons (Fsp3) is 0.364. The van der Waals surface area contributed by atoms with E-state index in [2.05, 4.69) is 4.98 Å². The zero-order valence-corrected chi connectivity index (χ0v) is 8.88. The van der Waals surface area contributed by atoms with E-state index in [-0.39, 0.29) is 5.56 Å². The van der Waals surface area contributed by atoms with Gasteiger partial charge in [0.2, 0.25) is 0 Å². The average molecular weight is 230 g/mol. The van der Waals surface area contributed by atoms with Crippen molar-refractivity contribution < 1.29 is 13.2 Å². The Morgan fingerprint density at radius 2 is 2.19 bits per heavy atom. The van der Waals surface area contributed by atoms with Crippen molar-refractivity contribution in [2.45, 2.75) is 19.5 Å². The Morgan fingerprint density at radius 3 is 2.75 bits per heavy atom. The zero-order valence-electron chi connectivity index (χ0n) is 8.88. The summed E-state index contributed by atoms with van der Waals surface area (Å²) >= 11 is 0. The number of nitrogens with two attached hydrogens (primary N) is 1. The van der Waals surface area contributed by atoms with E-state index in [4.69, 9.17) is 5.73 Å². The summed E-state index contributed by atoms with van der Waals surface area (Å²) in [6.45, 7) is 2.04. The van der Waals surface area contributed by atoms with Crippen molar-refractivity contribution in [2.24, 2.45) is 5.73 Å². The second-order valence-electron chi connectivity index (χ2n) is 3.38. The summed E-state index contributed by atoms with van der Waals surface area (Å²) in [5, 5.41) is 0. The van der Waals surface area contributed by atoms with E-state index in [0.29, 0.717) is 18.5 Å². The monoisotopic (exact) mass is 230 g/mol. The largest absolute Gasteiger partial charge is 0.417 e. The van der Waals surface area contributed by atoms with Crippen LogP contribution in [-0.4, -0.2) is 11.5 Å². The van der Waals surface area contributed by atoms with Crippen molar-refractivity contribution in [3.63, 3.8) is 0 Å². The minimum Gasteiger partial charge on any atom is -0.330 e. The number of hydrogen-bond donors (Lipinski definition) is 1. The number of halogens is 3. The lowest BCUT2D eigenvalue weighted by Gasteiger charge is -2.12. The third kappa shape index (κ3) is 3.06. The molecule has 2 nitrogen and oxygen atoms in total. The maximum Gasteiger partial charge on any atom is 0.417 e. The van der Waals surface area contributed by atoms with Gasteiger partial charge in [0.1, 0.15) is 0 Å². The molecule has 0 spiro atoms. The fourth-order valence-electron chi connectivity index (χ4n) is 1.37. The molecule has 16 heavy (non-hydrogen) atoms. The van der Waals surface area contributed by atoms with Crippen LogP contribution < -0.4 is 5.73 Å². The molecule has 0 bridgehead atoms. The molecule has 88 valence electrons.